The average Bonchev–Trinajstić information content (AvgIpc) is 3.22. The molecule has 0 spiro atoms. The number of pyridine rings is 1. The van der Waals surface area contributed by atoms with Crippen LogP contribution in [0.4, 0.5) is 23.8 Å². The van der Waals surface area contributed by atoms with Gasteiger partial charge < -0.3 is 19.9 Å². The molecule has 2 N–H and O–H groups in total. The second kappa shape index (κ2) is 9.15. The first-order valence-electron chi connectivity index (χ1n) is 8.56. The van der Waals surface area contributed by atoms with Gasteiger partial charge in [0.05, 0.1) is 0 Å². The zero-order valence-electron chi connectivity index (χ0n) is 15.8. The first-order valence-corrected chi connectivity index (χ1v) is 8.56. The standard InChI is InChI=1S/C17H14F3N7O4/c1-9(28)25-12-3-2-10(4-21-12)8-30-16(29)24-7-11-5-22-13(23-6-11)14-26-15(31-27-14)17(18,19)20/h2-6H,7-8H2,1H3,(H,24,29)(H,21,25,28). The summed E-state index contributed by atoms with van der Waals surface area (Å²) in [6.45, 7) is 1.32. The fourth-order valence-corrected chi connectivity index (χ4v) is 2.13. The van der Waals surface area contributed by atoms with Gasteiger partial charge in [-0.05, 0) is 6.07 Å². The number of anilines is 1. The number of hydrogen-bond donors (Lipinski definition) is 2. The van der Waals surface area contributed by atoms with Crippen LogP contribution < -0.4 is 10.6 Å². The highest BCUT2D eigenvalue weighted by Gasteiger charge is 2.38. The van der Waals surface area contributed by atoms with Crippen LogP contribution in [0.5, 0.6) is 0 Å². The van der Waals surface area contributed by atoms with Crippen LogP contribution in [0.25, 0.3) is 11.6 Å². The van der Waals surface area contributed by atoms with Crippen molar-refractivity contribution in [2.75, 3.05) is 5.32 Å². The van der Waals surface area contributed by atoms with Crippen LogP contribution in [0.15, 0.2) is 35.2 Å². The molecule has 0 aliphatic carbocycles. The highest BCUT2D eigenvalue weighted by Crippen LogP contribution is 2.28. The molecule has 11 nitrogen and oxygen atoms in total. The molecule has 3 aromatic heterocycles. The third-order valence-corrected chi connectivity index (χ3v) is 3.51. The molecule has 2 amide bonds. The molecular weight excluding hydrogens is 423 g/mol. The summed E-state index contributed by atoms with van der Waals surface area (Å²) in [6.07, 6.45) is -1.46. The number of carbonyl (C=O) groups excluding carboxylic acids is 2. The third kappa shape index (κ3) is 6.19. The molecule has 162 valence electrons. The van der Waals surface area contributed by atoms with Gasteiger partial charge in [0.25, 0.3) is 0 Å². The van der Waals surface area contributed by atoms with Crippen LogP contribution >= 0.6 is 0 Å². The number of nitrogens with one attached hydrogen (secondary N) is 2. The van der Waals surface area contributed by atoms with Crippen molar-refractivity contribution in [3.63, 3.8) is 0 Å². The lowest BCUT2D eigenvalue weighted by atomic mass is 10.3. The molecule has 0 saturated heterocycles. The fraction of sp³-hybridized carbons (Fsp3) is 0.235. The predicted octanol–water partition coefficient (Wildman–Crippen LogP) is 2.33. The maximum Gasteiger partial charge on any atom is 0.471 e. The van der Waals surface area contributed by atoms with Gasteiger partial charge in [-0.25, -0.2) is 19.7 Å². The average molecular weight is 437 g/mol. The first-order chi connectivity index (χ1) is 14.7. The summed E-state index contributed by atoms with van der Waals surface area (Å²) in [7, 11) is 0. The van der Waals surface area contributed by atoms with Crippen molar-refractivity contribution in [3.05, 3.63) is 47.7 Å². The molecule has 0 fully saturated rings. The second-order valence-corrected chi connectivity index (χ2v) is 6.00. The lowest BCUT2D eigenvalue weighted by Gasteiger charge is -2.07. The predicted molar refractivity (Wildman–Crippen MR) is 95.9 cm³/mol. The Morgan fingerprint density at radius 3 is 2.35 bits per heavy atom. The number of carbonyl (C=O) groups is 2. The van der Waals surface area contributed by atoms with Crippen molar-refractivity contribution in [2.45, 2.75) is 26.3 Å². The van der Waals surface area contributed by atoms with E-state index in [0.717, 1.165) is 0 Å². The van der Waals surface area contributed by atoms with Crippen molar-refractivity contribution < 1.29 is 32.0 Å². The number of alkyl carbamates (subject to hydrolysis) is 1. The number of ether oxygens (including phenoxy) is 1. The van der Waals surface area contributed by atoms with E-state index in [-0.39, 0.29) is 24.9 Å². The molecule has 0 radical (unpaired) electrons. The Morgan fingerprint density at radius 2 is 1.77 bits per heavy atom. The maximum atomic E-state index is 12.5. The van der Waals surface area contributed by atoms with Crippen LogP contribution in [0.2, 0.25) is 0 Å². The Morgan fingerprint density at radius 1 is 1.06 bits per heavy atom. The lowest BCUT2D eigenvalue weighted by molar-refractivity contribution is -0.159. The summed E-state index contributed by atoms with van der Waals surface area (Å²) in [5.74, 6) is -1.96. The summed E-state index contributed by atoms with van der Waals surface area (Å²) >= 11 is 0. The number of alkyl halides is 3. The van der Waals surface area contributed by atoms with Gasteiger partial charge in [-0.3, -0.25) is 4.79 Å². The van der Waals surface area contributed by atoms with Crippen molar-refractivity contribution in [1.29, 1.82) is 0 Å². The Labute approximate surface area is 172 Å². The number of nitrogens with zero attached hydrogens (tertiary/aromatic N) is 5. The topological polar surface area (TPSA) is 145 Å². The molecule has 0 atom stereocenters. The van der Waals surface area contributed by atoms with E-state index in [1.165, 1.54) is 25.5 Å². The van der Waals surface area contributed by atoms with Gasteiger partial charge in [0.1, 0.15) is 12.4 Å². The van der Waals surface area contributed by atoms with Crippen molar-refractivity contribution in [1.82, 2.24) is 30.4 Å². The van der Waals surface area contributed by atoms with E-state index in [2.05, 4.69) is 40.2 Å². The van der Waals surface area contributed by atoms with Crippen molar-refractivity contribution in [3.8, 4) is 11.6 Å². The zero-order chi connectivity index (χ0) is 22.4. The van der Waals surface area contributed by atoms with E-state index in [0.29, 0.717) is 16.9 Å². The van der Waals surface area contributed by atoms with Crippen LogP contribution in [0.1, 0.15) is 23.9 Å². The minimum atomic E-state index is -4.76. The SMILES string of the molecule is CC(=O)Nc1ccc(COC(=O)NCc2cnc(-c3noc(C(F)(F)F)n3)nc2)cn1. The van der Waals surface area contributed by atoms with Crippen LogP contribution in [0, 0.1) is 0 Å². The molecule has 14 heteroatoms. The first kappa shape index (κ1) is 21.6. The fourth-order valence-electron chi connectivity index (χ4n) is 2.13. The molecule has 0 saturated carbocycles. The van der Waals surface area contributed by atoms with Crippen LogP contribution in [-0.2, 0) is 28.9 Å². The third-order valence-electron chi connectivity index (χ3n) is 3.51. The van der Waals surface area contributed by atoms with Gasteiger partial charge in [0.2, 0.25) is 17.6 Å². The highest BCUT2D eigenvalue weighted by atomic mass is 19.4. The molecule has 0 bridgehead atoms. The van der Waals surface area contributed by atoms with E-state index < -0.39 is 24.0 Å². The summed E-state index contributed by atoms with van der Waals surface area (Å²) in [4.78, 5) is 37.6. The van der Waals surface area contributed by atoms with Gasteiger partial charge in [0.15, 0.2) is 0 Å². The van der Waals surface area contributed by atoms with Crippen LogP contribution in [0.3, 0.4) is 0 Å². The van der Waals surface area contributed by atoms with Gasteiger partial charge in [-0.15, -0.1) is 0 Å². The van der Waals surface area contributed by atoms with E-state index in [1.807, 2.05) is 0 Å². The van der Waals surface area contributed by atoms with Gasteiger partial charge >= 0.3 is 18.2 Å². The molecule has 3 aromatic rings. The van der Waals surface area contributed by atoms with Crippen LogP contribution in [-0.4, -0.2) is 37.1 Å². The Hall–Kier alpha value is -4.10. The Balaban J connectivity index is 1.47. The van der Waals surface area contributed by atoms with E-state index in [4.69, 9.17) is 4.74 Å². The Bertz CT molecular complexity index is 1050. The number of halogens is 3. The van der Waals surface area contributed by atoms with Gasteiger partial charge in [0, 0.05) is 43.2 Å². The minimum Gasteiger partial charge on any atom is -0.445 e. The monoisotopic (exact) mass is 437 g/mol. The maximum absolute atomic E-state index is 12.5. The van der Waals surface area contributed by atoms with Gasteiger partial charge in [-0.2, -0.15) is 18.2 Å². The summed E-state index contributed by atoms with van der Waals surface area (Å²) in [5.41, 5.74) is 1.07. The number of aromatic nitrogens is 5. The number of hydrogen-bond acceptors (Lipinski definition) is 9. The second-order valence-electron chi connectivity index (χ2n) is 6.00. The molecule has 3 heterocycles. The molecular formula is C17H14F3N7O4. The van der Waals surface area contributed by atoms with Crippen molar-refractivity contribution >= 4 is 17.8 Å². The van der Waals surface area contributed by atoms with E-state index in [9.17, 15) is 22.8 Å². The largest absolute Gasteiger partial charge is 0.471 e. The molecule has 0 aliphatic heterocycles. The van der Waals surface area contributed by atoms with Crippen molar-refractivity contribution in [2.24, 2.45) is 0 Å². The number of rotatable bonds is 6. The Kier molecular flexibility index (Phi) is 6.37. The summed E-state index contributed by atoms with van der Waals surface area (Å²) < 4.78 is 46.6. The molecule has 0 aliphatic rings. The van der Waals surface area contributed by atoms with E-state index in [1.54, 1.807) is 12.1 Å². The smallest absolute Gasteiger partial charge is 0.445 e. The zero-order valence-corrected chi connectivity index (χ0v) is 15.8. The minimum absolute atomic E-state index is 0.0128. The highest BCUT2D eigenvalue weighted by molar-refractivity contribution is 5.87. The quantitative estimate of drug-likeness (QED) is 0.593. The molecule has 0 aromatic carbocycles. The molecule has 3 rings (SSSR count). The number of amides is 2. The summed E-state index contributed by atoms with van der Waals surface area (Å²) in [5, 5.41) is 8.17. The lowest BCUT2D eigenvalue weighted by Crippen LogP contribution is -2.23. The molecule has 31 heavy (non-hydrogen) atoms. The normalized spacial score (nSPS) is 11.1. The summed E-state index contributed by atoms with van der Waals surface area (Å²) in [6, 6.07) is 3.21. The van der Waals surface area contributed by atoms with Gasteiger partial charge in [-0.1, -0.05) is 11.2 Å². The van der Waals surface area contributed by atoms with E-state index >= 15 is 0 Å². The molecule has 0 unspecified atom stereocenters.